The number of carbonyl (C=O) groups is 1. The number of hydrogen-bond acceptors (Lipinski definition) is 4. The lowest BCUT2D eigenvalue weighted by Gasteiger charge is -2.22. The van der Waals surface area contributed by atoms with E-state index in [-0.39, 0.29) is 5.78 Å². The van der Waals surface area contributed by atoms with Crippen LogP contribution < -0.4 is 5.32 Å². The first kappa shape index (κ1) is 14.2. The van der Waals surface area contributed by atoms with Gasteiger partial charge >= 0.3 is 0 Å². The number of carbonyl (C=O) groups excluding carboxylic acids is 1. The topological polar surface area (TPSA) is 59.8 Å². The van der Waals surface area contributed by atoms with Crippen LogP contribution in [0.5, 0.6) is 0 Å². The van der Waals surface area contributed by atoms with E-state index in [0.717, 1.165) is 38.8 Å². The Balaban J connectivity index is 1.94. The maximum absolute atomic E-state index is 12.1. The van der Waals surface area contributed by atoms with Gasteiger partial charge in [-0.15, -0.1) is 5.10 Å². The van der Waals surface area contributed by atoms with E-state index >= 15 is 0 Å². The molecule has 106 valence electrons. The summed E-state index contributed by atoms with van der Waals surface area (Å²) in [4.78, 5) is 12.1. The van der Waals surface area contributed by atoms with Crippen molar-refractivity contribution in [2.45, 2.75) is 52.0 Å². The highest BCUT2D eigenvalue weighted by Gasteiger charge is 2.19. The molecule has 19 heavy (non-hydrogen) atoms. The van der Waals surface area contributed by atoms with Gasteiger partial charge in [-0.25, -0.2) is 4.68 Å². The summed E-state index contributed by atoms with van der Waals surface area (Å²) in [7, 11) is 0. The predicted molar refractivity (Wildman–Crippen MR) is 74.2 cm³/mol. The molecule has 1 aliphatic heterocycles. The van der Waals surface area contributed by atoms with Crippen LogP contribution in [0.25, 0.3) is 0 Å². The summed E-state index contributed by atoms with van der Waals surface area (Å²) in [5, 5.41) is 11.5. The summed E-state index contributed by atoms with van der Waals surface area (Å²) in [5.74, 6) is 0.558. The smallest absolute Gasteiger partial charge is 0.184 e. The van der Waals surface area contributed by atoms with Crippen molar-refractivity contribution >= 4 is 5.78 Å². The van der Waals surface area contributed by atoms with Gasteiger partial charge in [-0.2, -0.15) is 0 Å². The van der Waals surface area contributed by atoms with Gasteiger partial charge in [0.2, 0.25) is 0 Å². The molecule has 0 spiro atoms. The van der Waals surface area contributed by atoms with Gasteiger partial charge in [0, 0.05) is 6.42 Å². The quantitative estimate of drug-likeness (QED) is 0.800. The van der Waals surface area contributed by atoms with Crippen LogP contribution in [-0.2, 0) is 0 Å². The molecule has 0 aliphatic carbocycles. The van der Waals surface area contributed by atoms with Gasteiger partial charge in [0.05, 0.1) is 12.2 Å². The molecular formula is C14H24N4O. The van der Waals surface area contributed by atoms with Crippen molar-refractivity contribution in [2.24, 2.45) is 5.92 Å². The summed E-state index contributed by atoms with van der Waals surface area (Å²) >= 11 is 0. The number of hydrogen-bond donors (Lipinski definition) is 1. The molecule has 1 saturated heterocycles. The lowest BCUT2D eigenvalue weighted by atomic mass is 9.98. The van der Waals surface area contributed by atoms with Crippen molar-refractivity contribution < 1.29 is 4.79 Å². The van der Waals surface area contributed by atoms with E-state index in [1.807, 2.05) is 10.9 Å². The molecule has 1 N–H and O–H groups in total. The largest absolute Gasteiger partial charge is 0.317 e. The van der Waals surface area contributed by atoms with E-state index in [4.69, 9.17) is 0 Å². The Labute approximate surface area is 114 Å². The Kier molecular flexibility index (Phi) is 5.07. The summed E-state index contributed by atoms with van der Waals surface area (Å²) in [6, 6.07) is 0.392. The highest BCUT2D eigenvalue weighted by atomic mass is 16.1. The fourth-order valence-corrected chi connectivity index (χ4v) is 2.67. The van der Waals surface area contributed by atoms with Gasteiger partial charge in [0.1, 0.15) is 5.69 Å². The fourth-order valence-electron chi connectivity index (χ4n) is 2.67. The highest BCUT2D eigenvalue weighted by molar-refractivity contribution is 5.93. The van der Waals surface area contributed by atoms with Crippen LogP contribution >= 0.6 is 0 Å². The molecule has 0 bridgehead atoms. The second kappa shape index (κ2) is 6.80. The zero-order valence-electron chi connectivity index (χ0n) is 11.9. The Hall–Kier alpha value is -1.23. The summed E-state index contributed by atoms with van der Waals surface area (Å²) in [6.45, 7) is 6.30. The first-order valence-corrected chi connectivity index (χ1v) is 7.36. The average Bonchev–Trinajstić information content (AvgIpc) is 2.89. The number of ketones is 1. The van der Waals surface area contributed by atoms with Gasteiger partial charge in [0.15, 0.2) is 5.78 Å². The number of nitrogens with one attached hydrogen (secondary N) is 1. The maximum atomic E-state index is 12.1. The summed E-state index contributed by atoms with van der Waals surface area (Å²) in [5.41, 5.74) is 0.529. The normalized spacial score (nSPS) is 18.4. The van der Waals surface area contributed by atoms with Crippen molar-refractivity contribution in [3.63, 3.8) is 0 Å². The van der Waals surface area contributed by atoms with Crippen molar-refractivity contribution in [1.82, 2.24) is 20.3 Å². The van der Waals surface area contributed by atoms with E-state index in [2.05, 4.69) is 29.5 Å². The molecule has 1 unspecified atom stereocenters. The van der Waals surface area contributed by atoms with Crippen LogP contribution in [0.4, 0.5) is 0 Å². The Morgan fingerprint density at radius 1 is 1.53 bits per heavy atom. The standard InChI is InChI=1S/C14H24N4O/c1-3-4-11(2)9-14(19)13-10-18(17-16-13)12-5-7-15-8-6-12/h10-12,15H,3-9H2,1-2H3. The molecule has 0 aromatic carbocycles. The third-order valence-corrected chi connectivity index (χ3v) is 3.79. The molecule has 2 rings (SSSR count). The second-order valence-electron chi connectivity index (χ2n) is 5.59. The fraction of sp³-hybridized carbons (Fsp3) is 0.786. The van der Waals surface area contributed by atoms with Gasteiger partial charge in [-0.3, -0.25) is 4.79 Å². The van der Waals surface area contributed by atoms with E-state index in [0.29, 0.717) is 24.1 Å². The van der Waals surface area contributed by atoms with Crippen molar-refractivity contribution in [1.29, 1.82) is 0 Å². The van der Waals surface area contributed by atoms with Crippen molar-refractivity contribution in [3.8, 4) is 0 Å². The first-order chi connectivity index (χ1) is 9.20. The molecule has 1 aliphatic rings. The number of rotatable bonds is 6. The van der Waals surface area contributed by atoms with Gasteiger partial charge in [-0.1, -0.05) is 31.9 Å². The molecule has 0 saturated carbocycles. The van der Waals surface area contributed by atoms with Crippen molar-refractivity contribution in [3.05, 3.63) is 11.9 Å². The monoisotopic (exact) mass is 264 g/mol. The minimum atomic E-state index is 0.126. The molecule has 1 aromatic rings. The third kappa shape index (κ3) is 3.86. The van der Waals surface area contributed by atoms with E-state index < -0.39 is 0 Å². The summed E-state index contributed by atoms with van der Waals surface area (Å²) < 4.78 is 1.87. The molecular weight excluding hydrogens is 240 g/mol. The molecule has 1 fully saturated rings. The Morgan fingerprint density at radius 2 is 2.26 bits per heavy atom. The molecule has 5 nitrogen and oxygen atoms in total. The van der Waals surface area contributed by atoms with Crippen LogP contribution in [0.1, 0.15) is 62.5 Å². The van der Waals surface area contributed by atoms with Crippen LogP contribution in [0, 0.1) is 5.92 Å². The summed E-state index contributed by atoms with van der Waals surface area (Å²) in [6.07, 6.45) is 6.74. The molecule has 1 aromatic heterocycles. The molecule has 0 radical (unpaired) electrons. The van der Waals surface area contributed by atoms with Gasteiger partial charge < -0.3 is 5.32 Å². The zero-order chi connectivity index (χ0) is 13.7. The SMILES string of the molecule is CCCC(C)CC(=O)c1cn(C2CCNCC2)nn1. The van der Waals surface area contributed by atoms with Crippen LogP contribution in [0.15, 0.2) is 6.20 Å². The first-order valence-electron chi connectivity index (χ1n) is 7.36. The Morgan fingerprint density at radius 3 is 2.95 bits per heavy atom. The lowest BCUT2D eigenvalue weighted by molar-refractivity contribution is 0.0957. The number of nitrogens with zero attached hydrogens (tertiary/aromatic N) is 3. The van der Waals surface area contributed by atoms with Crippen molar-refractivity contribution in [2.75, 3.05) is 13.1 Å². The second-order valence-corrected chi connectivity index (χ2v) is 5.59. The average molecular weight is 264 g/mol. The van der Waals surface area contributed by atoms with Crippen LogP contribution in [0.3, 0.4) is 0 Å². The lowest BCUT2D eigenvalue weighted by Crippen LogP contribution is -2.29. The van der Waals surface area contributed by atoms with Crippen LogP contribution in [-0.4, -0.2) is 33.9 Å². The van der Waals surface area contributed by atoms with Gasteiger partial charge in [0.25, 0.3) is 0 Å². The maximum Gasteiger partial charge on any atom is 0.184 e. The highest BCUT2D eigenvalue weighted by Crippen LogP contribution is 2.18. The van der Waals surface area contributed by atoms with E-state index in [9.17, 15) is 4.79 Å². The number of piperidine rings is 1. The van der Waals surface area contributed by atoms with E-state index in [1.54, 1.807) is 0 Å². The number of Topliss-reactive ketones (excluding diaryl/α,β-unsaturated/α-hetero) is 1. The molecule has 0 amide bonds. The number of aromatic nitrogens is 3. The van der Waals surface area contributed by atoms with E-state index in [1.165, 1.54) is 0 Å². The molecule has 2 heterocycles. The third-order valence-electron chi connectivity index (χ3n) is 3.79. The minimum Gasteiger partial charge on any atom is -0.317 e. The Bertz CT molecular complexity index is 409. The predicted octanol–water partition coefficient (Wildman–Crippen LogP) is 2.21. The molecule has 1 atom stereocenters. The van der Waals surface area contributed by atoms with Crippen LogP contribution in [0.2, 0.25) is 0 Å². The minimum absolute atomic E-state index is 0.126. The molecule has 5 heteroatoms. The van der Waals surface area contributed by atoms with Gasteiger partial charge in [-0.05, 0) is 31.8 Å². The zero-order valence-corrected chi connectivity index (χ0v) is 11.9.